The highest BCUT2D eigenvalue weighted by Gasteiger charge is 2.36. The smallest absolute Gasteiger partial charge is 0.232 e. The number of hydrogen-bond acceptors (Lipinski definition) is 2. The van der Waals surface area contributed by atoms with Gasteiger partial charge in [-0.15, -0.1) is 0 Å². The number of hydrogen-bond donors (Lipinski definition) is 1. The Morgan fingerprint density at radius 1 is 1.33 bits per heavy atom. The van der Waals surface area contributed by atoms with Gasteiger partial charge in [-0.3, -0.25) is 4.79 Å². The molecule has 1 aliphatic rings. The number of nitrogens with two attached hydrogens (primary N) is 1. The van der Waals surface area contributed by atoms with Gasteiger partial charge in [0.25, 0.3) is 0 Å². The normalized spacial score (nSPS) is 21.2. The molecule has 1 aromatic rings. The Bertz CT molecular complexity index is 490. The molecular formula is C18H28N2O. The summed E-state index contributed by atoms with van der Waals surface area (Å²) in [5, 5.41) is 0. The van der Waals surface area contributed by atoms with Crippen LogP contribution in [-0.2, 0) is 10.2 Å². The molecule has 2 N–H and O–H groups in total. The van der Waals surface area contributed by atoms with Crippen molar-refractivity contribution >= 4 is 5.91 Å². The third kappa shape index (κ3) is 3.46. The molecule has 21 heavy (non-hydrogen) atoms. The van der Waals surface area contributed by atoms with Crippen LogP contribution >= 0.6 is 0 Å². The van der Waals surface area contributed by atoms with Crippen molar-refractivity contribution in [1.29, 1.82) is 0 Å². The quantitative estimate of drug-likeness (QED) is 0.929. The molecule has 1 fully saturated rings. The van der Waals surface area contributed by atoms with Crippen molar-refractivity contribution < 1.29 is 4.79 Å². The molecule has 2 rings (SSSR count). The molecule has 1 heterocycles. The van der Waals surface area contributed by atoms with E-state index in [0.717, 1.165) is 31.5 Å². The van der Waals surface area contributed by atoms with E-state index in [9.17, 15) is 4.79 Å². The maximum Gasteiger partial charge on any atom is 0.232 e. The maximum atomic E-state index is 13.0. The van der Waals surface area contributed by atoms with Gasteiger partial charge in [0, 0.05) is 19.1 Å². The van der Waals surface area contributed by atoms with Crippen LogP contribution in [0.25, 0.3) is 0 Å². The summed E-state index contributed by atoms with van der Waals surface area (Å²) in [7, 11) is 0. The van der Waals surface area contributed by atoms with E-state index in [4.69, 9.17) is 5.73 Å². The second-order valence-corrected chi connectivity index (χ2v) is 7.00. The lowest BCUT2D eigenvalue weighted by Crippen LogP contribution is -2.50. The number of nitrogens with zero attached hydrogens (tertiary/aromatic N) is 1. The molecule has 1 saturated heterocycles. The Balaban J connectivity index is 2.15. The van der Waals surface area contributed by atoms with Gasteiger partial charge in [0.1, 0.15) is 0 Å². The molecule has 1 aromatic carbocycles. The summed E-state index contributed by atoms with van der Waals surface area (Å²) in [5.74, 6) is 0.647. The van der Waals surface area contributed by atoms with Crippen LogP contribution in [0.2, 0.25) is 0 Å². The second kappa shape index (κ2) is 6.18. The topological polar surface area (TPSA) is 46.3 Å². The molecule has 3 heteroatoms. The highest BCUT2D eigenvalue weighted by atomic mass is 16.2. The molecule has 2 atom stereocenters. The minimum atomic E-state index is -0.479. The number of carbonyl (C=O) groups excluding carboxylic acids is 1. The van der Waals surface area contributed by atoms with Crippen LogP contribution in [0.5, 0.6) is 0 Å². The van der Waals surface area contributed by atoms with Crippen LogP contribution < -0.4 is 5.73 Å². The number of amides is 1. The fourth-order valence-corrected chi connectivity index (χ4v) is 3.11. The molecule has 0 spiro atoms. The number of likely N-dealkylation sites (tertiary alicyclic amines) is 1. The summed E-state index contributed by atoms with van der Waals surface area (Å²) in [6.45, 7) is 9.81. The Morgan fingerprint density at radius 3 is 2.52 bits per heavy atom. The van der Waals surface area contributed by atoms with E-state index < -0.39 is 5.41 Å². The van der Waals surface area contributed by atoms with E-state index in [1.165, 1.54) is 5.56 Å². The Morgan fingerprint density at radius 2 is 1.95 bits per heavy atom. The van der Waals surface area contributed by atoms with Crippen molar-refractivity contribution in [3.05, 3.63) is 35.4 Å². The SMILES string of the molecule is Cc1ccc(C(C)(C)C(=O)N2CCCC(C(C)N)C2)cc1. The third-order valence-corrected chi connectivity index (χ3v) is 4.80. The predicted molar refractivity (Wildman–Crippen MR) is 87.2 cm³/mol. The van der Waals surface area contributed by atoms with E-state index >= 15 is 0 Å². The Labute approximate surface area is 128 Å². The van der Waals surface area contributed by atoms with Gasteiger partial charge in [-0.25, -0.2) is 0 Å². The molecule has 1 aliphatic heterocycles. The van der Waals surface area contributed by atoms with Gasteiger partial charge in [0.15, 0.2) is 0 Å². The summed E-state index contributed by atoms with van der Waals surface area (Å²) < 4.78 is 0. The van der Waals surface area contributed by atoms with Gasteiger partial charge in [-0.2, -0.15) is 0 Å². The van der Waals surface area contributed by atoms with Crippen molar-refractivity contribution in [1.82, 2.24) is 4.90 Å². The Kier molecular flexibility index (Phi) is 4.72. The van der Waals surface area contributed by atoms with Crippen molar-refractivity contribution in [2.75, 3.05) is 13.1 Å². The first-order valence-corrected chi connectivity index (χ1v) is 7.94. The lowest BCUT2D eigenvalue weighted by atomic mass is 9.81. The zero-order valence-electron chi connectivity index (χ0n) is 13.7. The van der Waals surface area contributed by atoms with Crippen LogP contribution in [0.3, 0.4) is 0 Å². The standard InChI is InChI=1S/C18H28N2O/c1-13-7-9-16(10-8-13)18(3,4)17(21)20-11-5-6-15(12-20)14(2)19/h7-10,14-15H,5-6,11-12,19H2,1-4H3. The second-order valence-electron chi connectivity index (χ2n) is 7.00. The first kappa shape index (κ1) is 16.0. The van der Waals surface area contributed by atoms with Gasteiger partial charge in [-0.05, 0) is 52.0 Å². The first-order valence-electron chi connectivity index (χ1n) is 7.94. The number of benzene rings is 1. The number of piperidine rings is 1. The molecule has 0 radical (unpaired) electrons. The maximum absolute atomic E-state index is 13.0. The van der Waals surface area contributed by atoms with E-state index in [2.05, 4.69) is 31.2 Å². The first-order chi connectivity index (χ1) is 9.82. The highest BCUT2D eigenvalue weighted by molar-refractivity contribution is 5.87. The minimum Gasteiger partial charge on any atom is -0.342 e. The van der Waals surface area contributed by atoms with E-state index in [1.807, 2.05) is 25.7 Å². The van der Waals surface area contributed by atoms with Gasteiger partial charge in [0.05, 0.1) is 5.41 Å². The molecule has 0 aliphatic carbocycles. The molecule has 3 nitrogen and oxygen atoms in total. The van der Waals surface area contributed by atoms with Crippen LogP contribution in [0, 0.1) is 12.8 Å². The largest absolute Gasteiger partial charge is 0.342 e. The van der Waals surface area contributed by atoms with E-state index in [-0.39, 0.29) is 11.9 Å². The monoisotopic (exact) mass is 288 g/mol. The number of aryl methyl sites for hydroxylation is 1. The number of carbonyl (C=O) groups is 1. The summed E-state index contributed by atoms with van der Waals surface area (Å²) in [5.41, 5.74) is 7.85. The third-order valence-electron chi connectivity index (χ3n) is 4.80. The molecule has 116 valence electrons. The van der Waals surface area contributed by atoms with Crippen LogP contribution in [0.1, 0.15) is 44.7 Å². The van der Waals surface area contributed by atoms with Gasteiger partial charge in [0.2, 0.25) is 5.91 Å². The molecule has 1 amide bonds. The zero-order valence-corrected chi connectivity index (χ0v) is 13.7. The summed E-state index contributed by atoms with van der Waals surface area (Å²) >= 11 is 0. The van der Waals surface area contributed by atoms with Crippen LogP contribution in [0.15, 0.2) is 24.3 Å². The fraction of sp³-hybridized carbons (Fsp3) is 0.611. The minimum absolute atomic E-state index is 0.156. The van der Waals surface area contributed by atoms with Gasteiger partial charge in [-0.1, -0.05) is 29.8 Å². The zero-order chi connectivity index (χ0) is 15.6. The summed E-state index contributed by atoms with van der Waals surface area (Å²) in [4.78, 5) is 15.0. The average Bonchev–Trinajstić information content (AvgIpc) is 2.47. The van der Waals surface area contributed by atoms with Crippen LogP contribution in [-0.4, -0.2) is 29.9 Å². The summed E-state index contributed by atoms with van der Waals surface area (Å²) in [6, 6.07) is 8.44. The predicted octanol–water partition coefficient (Wildman–Crippen LogP) is 2.86. The molecule has 0 bridgehead atoms. The number of rotatable bonds is 3. The molecule has 0 aromatic heterocycles. The van der Waals surface area contributed by atoms with Crippen molar-refractivity contribution in [2.24, 2.45) is 11.7 Å². The average molecular weight is 288 g/mol. The van der Waals surface area contributed by atoms with E-state index in [1.54, 1.807) is 0 Å². The lowest BCUT2D eigenvalue weighted by Gasteiger charge is -2.39. The highest BCUT2D eigenvalue weighted by Crippen LogP contribution is 2.29. The molecule has 0 saturated carbocycles. The Hall–Kier alpha value is -1.35. The van der Waals surface area contributed by atoms with E-state index in [0.29, 0.717) is 5.92 Å². The van der Waals surface area contributed by atoms with Gasteiger partial charge < -0.3 is 10.6 Å². The molecule has 2 unspecified atom stereocenters. The lowest BCUT2D eigenvalue weighted by molar-refractivity contribution is -0.138. The van der Waals surface area contributed by atoms with Crippen LogP contribution in [0.4, 0.5) is 0 Å². The van der Waals surface area contributed by atoms with Crippen molar-refractivity contribution in [3.63, 3.8) is 0 Å². The summed E-state index contributed by atoms with van der Waals surface area (Å²) in [6.07, 6.45) is 2.19. The van der Waals surface area contributed by atoms with Crippen molar-refractivity contribution in [2.45, 2.75) is 52.0 Å². The van der Waals surface area contributed by atoms with Gasteiger partial charge >= 0.3 is 0 Å². The fourth-order valence-electron chi connectivity index (χ4n) is 3.11. The molecular weight excluding hydrogens is 260 g/mol. The van der Waals surface area contributed by atoms with Crippen molar-refractivity contribution in [3.8, 4) is 0 Å².